The number of carbonyl (C=O) groups is 9. The van der Waals surface area contributed by atoms with Gasteiger partial charge in [-0.2, -0.15) is 0 Å². The quantitative estimate of drug-likeness (QED) is 0.0321. The predicted octanol–water partition coefficient (Wildman–Crippen LogP) is 11.1. The molecule has 5 atom stereocenters. The van der Waals surface area contributed by atoms with E-state index >= 15 is 0 Å². The number of Topliss-reactive ketones (excluding diaryl/α,β-unsaturated/α-hetero) is 3. The molecule has 3 N–H and O–H groups in total. The third-order valence-electron chi connectivity index (χ3n) is 20.7. The molecule has 6 aromatic carbocycles. The zero-order valence-corrected chi connectivity index (χ0v) is 58.8. The minimum atomic E-state index is -1.43. The molecule has 6 aromatic rings. The maximum absolute atomic E-state index is 14.5. The number of aryl methyl sites for hydroxylation is 3. The topological polar surface area (TPSA) is 248 Å². The molecular weight excluding hydrogens is 1290 g/mol. The lowest BCUT2D eigenvalue weighted by Gasteiger charge is -2.31. The molecule has 530 valence electrons. The predicted molar refractivity (Wildman–Crippen MR) is 384 cm³/mol. The van der Waals surface area contributed by atoms with Crippen molar-refractivity contribution in [2.24, 2.45) is 17.3 Å². The molecule has 1 saturated carbocycles. The van der Waals surface area contributed by atoms with Gasteiger partial charge in [-0.3, -0.25) is 38.4 Å². The van der Waals surface area contributed by atoms with Gasteiger partial charge >= 0.3 is 6.09 Å². The van der Waals surface area contributed by atoms with Gasteiger partial charge in [0.25, 0.3) is 11.8 Å². The Kier molecular flexibility index (Phi) is 21.9. The first-order chi connectivity index (χ1) is 49.2. The van der Waals surface area contributed by atoms with E-state index in [4.69, 9.17) is 18.9 Å². The van der Waals surface area contributed by atoms with E-state index < -0.39 is 47.9 Å². The van der Waals surface area contributed by atoms with E-state index in [1.165, 1.54) is 5.56 Å². The highest BCUT2D eigenvalue weighted by Crippen LogP contribution is 2.57. The largest absolute Gasteiger partial charge is 0.493 e. The number of aliphatic hydroxyl groups excluding tert-OH is 1. The van der Waals surface area contributed by atoms with Crippen molar-refractivity contribution in [3.05, 3.63) is 189 Å². The summed E-state index contributed by atoms with van der Waals surface area (Å²) in [5.74, 6) is 4.04. The first-order valence-electron chi connectivity index (χ1n) is 35.6. The molecular formula is C82H88N6O14. The second-order valence-corrected chi connectivity index (χ2v) is 28.2. The zero-order valence-electron chi connectivity index (χ0n) is 58.8. The van der Waals surface area contributed by atoms with E-state index in [1.54, 1.807) is 80.1 Å². The normalized spacial score (nSPS) is 18.0. The van der Waals surface area contributed by atoms with Crippen molar-refractivity contribution in [3.8, 4) is 29.1 Å². The van der Waals surface area contributed by atoms with E-state index in [1.807, 2.05) is 72.6 Å². The Morgan fingerprint density at radius 2 is 1.42 bits per heavy atom. The average molecular weight is 1380 g/mol. The lowest BCUT2D eigenvalue weighted by molar-refractivity contribution is -0.133. The molecule has 6 amide bonds. The molecule has 6 aliphatic rings. The number of benzene rings is 6. The first kappa shape index (κ1) is 71.4. The highest BCUT2D eigenvalue weighted by Gasteiger charge is 2.58. The number of nitrogens with zero attached hydrogens (tertiary/aromatic N) is 4. The van der Waals surface area contributed by atoms with Gasteiger partial charge in [0.15, 0.2) is 29.3 Å². The molecule has 20 heteroatoms. The summed E-state index contributed by atoms with van der Waals surface area (Å²) in [6.07, 6.45) is 5.08. The van der Waals surface area contributed by atoms with Crippen LogP contribution in [0.2, 0.25) is 0 Å². The molecule has 5 heterocycles. The van der Waals surface area contributed by atoms with Gasteiger partial charge in [0.05, 0.1) is 62.4 Å². The lowest BCUT2D eigenvalue weighted by Crippen LogP contribution is -2.50. The number of hydrogen-bond acceptors (Lipinski definition) is 14. The second-order valence-electron chi connectivity index (χ2n) is 28.2. The third-order valence-corrected chi connectivity index (χ3v) is 20.7. The number of rotatable bonds is 27. The number of ether oxygens (including phenoxy) is 4. The first-order valence-corrected chi connectivity index (χ1v) is 35.6. The van der Waals surface area contributed by atoms with Crippen LogP contribution < -0.4 is 34.6 Å². The van der Waals surface area contributed by atoms with Gasteiger partial charge in [-0.05, 0) is 151 Å². The van der Waals surface area contributed by atoms with Crippen molar-refractivity contribution in [1.29, 1.82) is 0 Å². The number of anilines is 2. The molecule has 1 aliphatic carbocycles. The molecule has 102 heavy (non-hydrogen) atoms. The summed E-state index contributed by atoms with van der Waals surface area (Å²) < 4.78 is 24.3. The minimum Gasteiger partial charge on any atom is -0.493 e. The van der Waals surface area contributed by atoms with Crippen LogP contribution >= 0.6 is 0 Å². The van der Waals surface area contributed by atoms with Crippen LogP contribution in [-0.4, -0.2) is 126 Å². The summed E-state index contributed by atoms with van der Waals surface area (Å²) in [6.45, 7) is 9.75. The Morgan fingerprint density at radius 1 is 0.725 bits per heavy atom. The maximum atomic E-state index is 14.5. The Morgan fingerprint density at radius 3 is 2.16 bits per heavy atom. The summed E-state index contributed by atoms with van der Waals surface area (Å²) >= 11 is 0. The number of para-hydroxylation sites is 1. The van der Waals surface area contributed by atoms with E-state index in [0.29, 0.717) is 83.1 Å². The summed E-state index contributed by atoms with van der Waals surface area (Å²) in [6, 6.07) is 35.8. The van der Waals surface area contributed by atoms with Crippen molar-refractivity contribution in [3.63, 3.8) is 0 Å². The van der Waals surface area contributed by atoms with Gasteiger partial charge in [-0.1, -0.05) is 111 Å². The van der Waals surface area contributed by atoms with Crippen molar-refractivity contribution in [2.75, 3.05) is 43.2 Å². The van der Waals surface area contributed by atoms with Gasteiger partial charge in [-0.15, -0.1) is 0 Å². The minimum absolute atomic E-state index is 0.0443. The number of ketones is 3. The van der Waals surface area contributed by atoms with Gasteiger partial charge in [-0.25, -0.2) is 9.69 Å². The molecule has 1 spiro atoms. The Balaban J connectivity index is 0.599. The molecule has 1 unspecified atom stereocenters. The summed E-state index contributed by atoms with van der Waals surface area (Å²) in [5, 5.41) is 17.5. The Bertz CT molecular complexity index is 4350. The Hall–Kier alpha value is -10.4. The molecule has 0 aromatic heterocycles. The summed E-state index contributed by atoms with van der Waals surface area (Å²) in [7, 11) is 1.55. The molecule has 1 saturated heterocycles. The summed E-state index contributed by atoms with van der Waals surface area (Å²) in [4.78, 5) is 129. The average Bonchev–Trinajstić information content (AvgIpc) is 1.57. The SMILES string of the molecule is CCc1ccc(C2=CN3C(=O)c4cc(OC)c(OCCCOc5cc6c(cc5C)C(=O)N5CC7(CC7)C[C@H]5C(O)N6C(=O)OCc5ccc(CC(=O)[C@H](C)NC(=O)[C@@H](CC(=O)CNC(=O)CCC(=O)CCC(=O)N6Cc7ccccc7C#Cc7ccccc76)C(C)C)cc5)cc4CC[C@@H]3C2)cc1. The fraction of sp³-hybridized carbons (Fsp3) is 0.402. The van der Waals surface area contributed by atoms with Gasteiger partial charge < -0.3 is 49.4 Å². The standard InChI is InChI=1S/C82H88N6O14/c1-7-53-21-23-57(24-22-53)61-39-62-28-27-59-40-74(73(99-6)42-66(59)78(95)85(62)47-61)101-36-12-35-100-72-43-69-67(37-51(72)4)79(96)87-49-82(33-34-82)44-70(87)80(97)88(69)81(98)102-48-55-19-17-54(18-20-55)38-71(91)52(5)84-77(94)65(50(2)3)41-64(90)45-83-75(92)31-29-63(89)30-32-76(93)86-46-60-15-9-8-13-56(60)25-26-58-14-10-11-16-68(58)86/h8-11,13-24,37,40,42-43,47,50,52,62,65,70,80,97H,7,12,27-36,38-39,41,44-46,48-49H2,1-6H3,(H,83,92)(H,84,94)/t52-,62+,65-,70-,80?/m0/s1. The maximum Gasteiger partial charge on any atom is 0.416 e. The number of carbonyl (C=O) groups excluding carboxylic acids is 9. The van der Waals surface area contributed by atoms with Gasteiger partial charge in [0.2, 0.25) is 17.7 Å². The van der Waals surface area contributed by atoms with E-state index in [2.05, 4.69) is 53.7 Å². The molecule has 0 radical (unpaired) electrons. The smallest absolute Gasteiger partial charge is 0.416 e. The number of hydrogen-bond donors (Lipinski definition) is 3. The van der Waals surface area contributed by atoms with Crippen molar-refractivity contribution in [2.45, 2.75) is 162 Å². The van der Waals surface area contributed by atoms with Crippen LogP contribution in [0.25, 0.3) is 5.57 Å². The van der Waals surface area contributed by atoms with Gasteiger partial charge in [0.1, 0.15) is 18.1 Å². The molecule has 20 nitrogen and oxygen atoms in total. The van der Waals surface area contributed by atoms with Crippen LogP contribution in [-0.2, 0) is 65.9 Å². The highest BCUT2D eigenvalue weighted by molar-refractivity contribution is 6.06. The second kappa shape index (κ2) is 31.2. The lowest BCUT2D eigenvalue weighted by atomic mass is 9.89. The fourth-order valence-corrected chi connectivity index (χ4v) is 14.4. The van der Waals surface area contributed by atoms with Crippen LogP contribution in [0.15, 0.2) is 128 Å². The van der Waals surface area contributed by atoms with Crippen molar-refractivity contribution >= 4 is 69.9 Å². The third kappa shape index (κ3) is 16.2. The van der Waals surface area contributed by atoms with E-state index in [0.717, 1.165) is 64.8 Å². The number of amides is 6. The summed E-state index contributed by atoms with van der Waals surface area (Å²) in [5.41, 5.74) is 10.3. The van der Waals surface area contributed by atoms with E-state index in [-0.39, 0.29) is 123 Å². The van der Waals surface area contributed by atoms with Crippen molar-refractivity contribution in [1.82, 2.24) is 20.4 Å². The number of aliphatic hydroxyl groups is 1. The molecule has 2 fully saturated rings. The van der Waals surface area contributed by atoms with Crippen LogP contribution in [0, 0.1) is 36.0 Å². The number of methoxy groups -OCH3 is 1. The number of nitrogens with one attached hydrogen (secondary N) is 2. The van der Waals surface area contributed by atoms with Gasteiger partial charge in [0, 0.05) is 92.4 Å². The zero-order chi connectivity index (χ0) is 71.9. The van der Waals surface area contributed by atoms with Crippen LogP contribution in [0.3, 0.4) is 0 Å². The molecule has 5 aliphatic heterocycles. The van der Waals surface area contributed by atoms with Crippen LogP contribution in [0.5, 0.6) is 17.2 Å². The number of fused-ring (bicyclic) bond motifs is 6. The van der Waals surface area contributed by atoms with Crippen molar-refractivity contribution < 1.29 is 67.2 Å². The fourth-order valence-electron chi connectivity index (χ4n) is 14.4. The molecule has 12 rings (SSSR count). The van der Waals surface area contributed by atoms with Crippen LogP contribution in [0.4, 0.5) is 16.2 Å². The van der Waals surface area contributed by atoms with E-state index in [9.17, 15) is 48.3 Å². The molecule has 0 bridgehead atoms. The monoisotopic (exact) mass is 1380 g/mol. The van der Waals surface area contributed by atoms with Crippen LogP contribution in [0.1, 0.15) is 169 Å². The highest BCUT2D eigenvalue weighted by atomic mass is 16.6. The Labute approximate surface area is 595 Å².